The fourth-order valence-electron chi connectivity index (χ4n) is 1.46. The Labute approximate surface area is 88.0 Å². The number of carboxylic acids is 1. The molecule has 0 aliphatic carbocycles. The molecule has 0 radical (unpaired) electrons. The normalized spacial score (nSPS) is 23.6. The van der Waals surface area contributed by atoms with Gasteiger partial charge in [0.2, 0.25) is 5.91 Å². The fourth-order valence-corrected chi connectivity index (χ4v) is 1.46. The van der Waals surface area contributed by atoms with Gasteiger partial charge in [-0.25, -0.2) is 4.79 Å². The third-order valence-corrected chi connectivity index (χ3v) is 2.45. The van der Waals surface area contributed by atoms with Gasteiger partial charge in [-0.15, -0.1) is 0 Å². The Morgan fingerprint density at radius 2 is 2.33 bits per heavy atom. The summed E-state index contributed by atoms with van der Waals surface area (Å²) in [7, 11) is 0. The zero-order chi connectivity index (χ0) is 11.4. The van der Waals surface area contributed by atoms with Gasteiger partial charge in [-0.05, 0) is 6.42 Å². The van der Waals surface area contributed by atoms with E-state index in [1.165, 1.54) is 4.90 Å². The van der Waals surface area contributed by atoms with Gasteiger partial charge >= 0.3 is 5.97 Å². The highest BCUT2D eigenvalue weighted by atomic mass is 16.5. The molecule has 0 aromatic rings. The number of ether oxygens (including phenoxy) is 1. The van der Waals surface area contributed by atoms with Gasteiger partial charge in [-0.1, -0.05) is 6.92 Å². The molecule has 15 heavy (non-hydrogen) atoms. The van der Waals surface area contributed by atoms with Gasteiger partial charge in [0.1, 0.15) is 0 Å². The lowest BCUT2D eigenvalue weighted by molar-refractivity contribution is -0.158. The van der Waals surface area contributed by atoms with E-state index < -0.39 is 18.1 Å². The number of carboxylic acid groups (broad SMARTS) is 1. The summed E-state index contributed by atoms with van der Waals surface area (Å²) in [5.74, 6) is -1.36. The van der Waals surface area contributed by atoms with Crippen LogP contribution in [0.2, 0.25) is 0 Å². The van der Waals surface area contributed by atoms with Gasteiger partial charge in [0.05, 0.1) is 19.3 Å². The van der Waals surface area contributed by atoms with Crippen molar-refractivity contribution >= 4 is 11.9 Å². The van der Waals surface area contributed by atoms with Crippen molar-refractivity contribution in [3.05, 3.63) is 0 Å². The fraction of sp³-hybridized carbons (Fsp3) is 0.778. The van der Waals surface area contributed by atoms with Crippen LogP contribution < -0.4 is 5.73 Å². The van der Waals surface area contributed by atoms with Crippen LogP contribution in [0.1, 0.15) is 13.3 Å². The van der Waals surface area contributed by atoms with Crippen molar-refractivity contribution < 1.29 is 19.4 Å². The molecule has 1 amide bonds. The first-order valence-electron chi connectivity index (χ1n) is 4.94. The molecule has 0 aromatic heterocycles. The topological polar surface area (TPSA) is 92.9 Å². The summed E-state index contributed by atoms with van der Waals surface area (Å²) < 4.78 is 5.02. The number of aliphatic carboxylic acids is 1. The van der Waals surface area contributed by atoms with Crippen molar-refractivity contribution in [1.82, 2.24) is 4.90 Å². The molecule has 2 atom stereocenters. The second kappa shape index (κ2) is 5.09. The zero-order valence-corrected chi connectivity index (χ0v) is 8.68. The summed E-state index contributed by atoms with van der Waals surface area (Å²) in [5, 5.41) is 8.90. The Morgan fingerprint density at radius 1 is 1.67 bits per heavy atom. The lowest BCUT2D eigenvalue weighted by atomic mass is 10.1. The van der Waals surface area contributed by atoms with E-state index in [1.807, 2.05) is 0 Å². The highest BCUT2D eigenvalue weighted by Crippen LogP contribution is 2.09. The van der Waals surface area contributed by atoms with Crippen LogP contribution in [0.25, 0.3) is 0 Å². The van der Waals surface area contributed by atoms with E-state index in [0.29, 0.717) is 19.6 Å². The van der Waals surface area contributed by atoms with Crippen LogP contribution in [-0.4, -0.2) is 53.7 Å². The molecule has 6 nitrogen and oxygen atoms in total. The first-order valence-corrected chi connectivity index (χ1v) is 4.94. The van der Waals surface area contributed by atoms with Crippen molar-refractivity contribution in [3.63, 3.8) is 0 Å². The molecule has 1 aliphatic heterocycles. The van der Waals surface area contributed by atoms with Crippen molar-refractivity contribution in [2.24, 2.45) is 5.73 Å². The number of nitrogens with two attached hydrogens (primary N) is 1. The van der Waals surface area contributed by atoms with Crippen molar-refractivity contribution in [2.75, 3.05) is 19.8 Å². The van der Waals surface area contributed by atoms with Gasteiger partial charge in [-0.2, -0.15) is 0 Å². The van der Waals surface area contributed by atoms with E-state index in [0.717, 1.165) is 0 Å². The van der Waals surface area contributed by atoms with Gasteiger partial charge < -0.3 is 20.5 Å². The molecule has 1 unspecified atom stereocenters. The van der Waals surface area contributed by atoms with Gasteiger partial charge in [0.25, 0.3) is 0 Å². The summed E-state index contributed by atoms with van der Waals surface area (Å²) >= 11 is 0. The van der Waals surface area contributed by atoms with Crippen LogP contribution in [0.5, 0.6) is 0 Å². The highest BCUT2D eigenvalue weighted by Gasteiger charge is 2.34. The van der Waals surface area contributed by atoms with E-state index in [9.17, 15) is 9.59 Å². The zero-order valence-electron chi connectivity index (χ0n) is 8.68. The Morgan fingerprint density at radius 3 is 2.87 bits per heavy atom. The summed E-state index contributed by atoms with van der Waals surface area (Å²) in [4.78, 5) is 23.9. The third-order valence-electron chi connectivity index (χ3n) is 2.45. The third kappa shape index (κ3) is 2.66. The van der Waals surface area contributed by atoms with Crippen LogP contribution >= 0.6 is 0 Å². The van der Waals surface area contributed by atoms with Crippen molar-refractivity contribution in [1.29, 1.82) is 0 Å². The molecule has 1 rings (SSSR count). The minimum atomic E-state index is -1.05. The first kappa shape index (κ1) is 11.9. The average Bonchev–Trinajstić information content (AvgIpc) is 2.27. The number of rotatable bonds is 3. The van der Waals surface area contributed by atoms with Crippen molar-refractivity contribution in [3.8, 4) is 0 Å². The quantitative estimate of drug-likeness (QED) is 0.633. The molecular weight excluding hydrogens is 200 g/mol. The predicted octanol–water partition coefficient (Wildman–Crippen LogP) is -0.964. The number of carbonyl (C=O) groups is 2. The smallest absolute Gasteiger partial charge is 0.328 e. The molecule has 0 aromatic carbocycles. The maximum Gasteiger partial charge on any atom is 0.328 e. The number of morpholine rings is 1. The maximum atomic E-state index is 11.7. The maximum absolute atomic E-state index is 11.7. The highest BCUT2D eigenvalue weighted by molar-refractivity contribution is 5.87. The standard InChI is InChI=1S/C9H16N2O4/c1-2-6(10)8(12)11-3-4-15-5-7(11)9(13)14/h6-7H,2-5,10H2,1H3,(H,13,14)/t6-,7?/m0/s1. The van der Waals surface area contributed by atoms with E-state index in [2.05, 4.69) is 0 Å². The second-order valence-corrected chi connectivity index (χ2v) is 3.48. The van der Waals surface area contributed by atoms with Crippen LogP contribution in [0.15, 0.2) is 0 Å². The number of amides is 1. The lowest BCUT2D eigenvalue weighted by Crippen LogP contribution is -2.56. The monoisotopic (exact) mass is 216 g/mol. The first-order chi connectivity index (χ1) is 7.07. The SMILES string of the molecule is CC[C@H](N)C(=O)N1CCOCC1C(=O)O. The van der Waals surface area contributed by atoms with Gasteiger partial charge in [-0.3, -0.25) is 4.79 Å². The van der Waals surface area contributed by atoms with Crippen molar-refractivity contribution in [2.45, 2.75) is 25.4 Å². The second-order valence-electron chi connectivity index (χ2n) is 3.48. The van der Waals surface area contributed by atoms with Crippen LogP contribution in [0, 0.1) is 0 Å². The molecule has 86 valence electrons. The molecule has 0 saturated carbocycles. The Kier molecular flexibility index (Phi) is 4.05. The molecule has 1 heterocycles. The van der Waals surface area contributed by atoms with Crippen LogP contribution in [0.3, 0.4) is 0 Å². The molecular formula is C9H16N2O4. The van der Waals surface area contributed by atoms with E-state index in [4.69, 9.17) is 15.6 Å². The van der Waals surface area contributed by atoms with E-state index >= 15 is 0 Å². The number of hydrogen-bond acceptors (Lipinski definition) is 4. The molecule has 1 fully saturated rings. The number of hydrogen-bond donors (Lipinski definition) is 2. The Bertz CT molecular complexity index is 256. The minimum Gasteiger partial charge on any atom is -0.480 e. The molecule has 1 aliphatic rings. The minimum absolute atomic E-state index is 0.0392. The van der Waals surface area contributed by atoms with Gasteiger partial charge in [0.15, 0.2) is 6.04 Å². The van der Waals surface area contributed by atoms with E-state index in [1.54, 1.807) is 6.92 Å². The molecule has 6 heteroatoms. The van der Waals surface area contributed by atoms with Crippen LogP contribution in [-0.2, 0) is 14.3 Å². The molecule has 0 spiro atoms. The molecule has 3 N–H and O–H groups in total. The predicted molar refractivity (Wildman–Crippen MR) is 52.2 cm³/mol. The summed E-state index contributed by atoms with van der Waals surface area (Å²) in [6.07, 6.45) is 0.503. The summed E-state index contributed by atoms with van der Waals surface area (Å²) in [5.41, 5.74) is 5.58. The Hall–Kier alpha value is -1.14. The lowest BCUT2D eigenvalue weighted by Gasteiger charge is -2.34. The average molecular weight is 216 g/mol. The largest absolute Gasteiger partial charge is 0.480 e. The summed E-state index contributed by atoms with van der Waals surface area (Å²) in [6, 6.07) is -1.52. The molecule has 1 saturated heterocycles. The number of nitrogens with zero attached hydrogens (tertiary/aromatic N) is 1. The van der Waals surface area contributed by atoms with Gasteiger partial charge in [0, 0.05) is 6.54 Å². The van der Waals surface area contributed by atoms with Crippen LogP contribution in [0.4, 0.5) is 0 Å². The number of carbonyl (C=O) groups excluding carboxylic acids is 1. The van der Waals surface area contributed by atoms with E-state index in [-0.39, 0.29) is 12.5 Å². The summed E-state index contributed by atoms with van der Waals surface area (Å²) in [6.45, 7) is 2.49. The molecule has 0 bridgehead atoms. The Balaban J connectivity index is 2.71.